The normalized spacial score (nSPS) is 14.7. The van der Waals surface area contributed by atoms with Gasteiger partial charge in [-0.15, -0.1) is 22.7 Å². The number of benzene rings is 4. The van der Waals surface area contributed by atoms with Gasteiger partial charge in [-0.2, -0.15) is 0 Å². The number of ether oxygens (including phenoxy) is 2. The number of rotatable bonds is 10. The fourth-order valence-electron chi connectivity index (χ4n) is 6.74. The summed E-state index contributed by atoms with van der Waals surface area (Å²) >= 11 is 3.49. The Bertz CT molecular complexity index is 1900. The maximum atomic E-state index is 6.69. The summed E-state index contributed by atoms with van der Waals surface area (Å²) in [6.07, 6.45) is 1.98. The zero-order valence-corrected chi connectivity index (χ0v) is 28.8. The monoisotopic (exact) mass is 640 g/mol. The van der Waals surface area contributed by atoms with Gasteiger partial charge in [0.2, 0.25) is 0 Å². The van der Waals surface area contributed by atoms with Crippen LogP contribution in [-0.2, 0) is 16.4 Å². The minimum atomic E-state index is -0.479. The lowest BCUT2D eigenvalue weighted by molar-refractivity contribution is 0.0865. The first-order valence-electron chi connectivity index (χ1n) is 16.2. The minimum Gasteiger partial charge on any atom is -0.482 e. The first-order chi connectivity index (χ1) is 22.3. The summed E-state index contributed by atoms with van der Waals surface area (Å²) in [5, 5.41) is 3.04. The van der Waals surface area contributed by atoms with Crippen molar-refractivity contribution in [1.29, 1.82) is 0 Å². The molecule has 1 atom stereocenters. The molecule has 0 radical (unpaired) electrons. The van der Waals surface area contributed by atoms with Gasteiger partial charge in [-0.05, 0) is 106 Å². The zero-order chi connectivity index (χ0) is 31.9. The molecule has 0 saturated carbocycles. The molecule has 46 heavy (non-hydrogen) atoms. The topological polar surface area (TPSA) is 18.5 Å². The molecule has 1 unspecified atom stereocenters. The van der Waals surface area contributed by atoms with E-state index in [0.29, 0.717) is 0 Å². The second-order valence-electron chi connectivity index (χ2n) is 13.0. The van der Waals surface area contributed by atoms with E-state index in [-0.39, 0.29) is 11.0 Å². The molecule has 0 fully saturated rings. The van der Waals surface area contributed by atoms with Crippen LogP contribution in [0.3, 0.4) is 0 Å². The van der Waals surface area contributed by atoms with Crippen LogP contribution in [0.1, 0.15) is 79.5 Å². The molecule has 0 amide bonds. The molecule has 1 aliphatic carbocycles. The number of hydrogen-bond donors (Lipinski definition) is 0. The second kappa shape index (κ2) is 11.9. The number of thiophene rings is 2. The van der Waals surface area contributed by atoms with E-state index in [2.05, 4.69) is 161 Å². The van der Waals surface area contributed by atoms with Gasteiger partial charge in [-0.1, -0.05) is 107 Å². The first-order valence-corrected chi connectivity index (χ1v) is 17.9. The third-order valence-electron chi connectivity index (χ3n) is 9.94. The van der Waals surface area contributed by atoms with Crippen LogP contribution in [-0.4, -0.2) is 0 Å². The van der Waals surface area contributed by atoms with E-state index in [9.17, 15) is 0 Å². The lowest BCUT2D eigenvalue weighted by Gasteiger charge is -2.34. The summed E-state index contributed by atoms with van der Waals surface area (Å²) in [6.45, 7) is 11.2. The molecule has 1 aliphatic rings. The second-order valence-corrected chi connectivity index (χ2v) is 15.0. The van der Waals surface area contributed by atoms with Gasteiger partial charge in [-0.3, -0.25) is 0 Å². The number of hydrogen-bond acceptors (Lipinski definition) is 4. The van der Waals surface area contributed by atoms with Crippen molar-refractivity contribution in [2.45, 2.75) is 63.9 Å². The summed E-state index contributed by atoms with van der Waals surface area (Å²) in [6, 6.07) is 43.8. The van der Waals surface area contributed by atoms with Crippen molar-refractivity contribution in [2.75, 3.05) is 0 Å². The van der Waals surface area contributed by atoms with Crippen molar-refractivity contribution in [3.05, 3.63) is 159 Å². The zero-order valence-electron chi connectivity index (χ0n) is 27.2. The lowest BCUT2D eigenvalue weighted by Crippen LogP contribution is -2.29. The van der Waals surface area contributed by atoms with Gasteiger partial charge >= 0.3 is 0 Å². The summed E-state index contributed by atoms with van der Waals surface area (Å²) in [4.78, 5) is 2.59. The van der Waals surface area contributed by atoms with Gasteiger partial charge in [0, 0.05) is 9.75 Å². The fraction of sp³-hybridized carbons (Fsp3) is 0.238. The molecule has 0 aliphatic heterocycles. The lowest BCUT2D eigenvalue weighted by atomic mass is 9.68. The van der Waals surface area contributed by atoms with E-state index in [1.807, 2.05) is 0 Å². The summed E-state index contributed by atoms with van der Waals surface area (Å²) < 4.78 is 13.1. The average Bonchev–Trinajstić information content (AvgIpc) is 3.86. The van der Waals surface area contributed by atoms with E-state index in [0.717, 1.165) is 29.4 Å². The molecule has 4 aromatic carbocycles. The Morgan fingerprint density at radius 2 is 1.17 bits per heavy atom. The molecule has 2 aromatic heterocycles. The Kier molecular flexibility index (Phi) is 7.91. The molecular formula is C42H40O2S2. The van der Waals surface area contributed by atoms with Gasteiger partial charge in [0.05, 0.1) is 5.41 Å². The van der Waals surface area contributed by atoms with Gasteiger partial charge in [-0.25, -0.2) is 0 Å². The van der Waals surface area contributed by atoms with Crippen LogP contribution in [0.2, 0.25) is 0 Å². The van der Waals surface area contributed by atoms with E-state index >= 15 is 0 Å². The van der Waals surface area contributed by atoms with Crippen molar-refractivity contribution >= 4 is 22.7 Å². The molecule has 6 aromatic rings. The van der Waals surface area contributed by atoms with Crippen LogP contribution < -0.4 is 9.47 Å². The Hall–Kier alpha value is -4.12. The quantitative estimate of drug-likeness (QED) is 0.148. The standard InChI is InChI=1S/C42H40O2S2/c1-6-40(3,4)37-26-27-39(46-37)43-31-22-18-29(19-23-31)42(35-15-10-8-13-33(35)34-14-9-11-16-36(34)42)30-20-24-32(25-21-30)44-41(5,7-2)38-17-12-28-45-38/h8-28H,6-7H2,1-5H3. The van der Waals surface area contributed by atoms with E-state index < -0.39 is 5.41 Å². The van der Waals surface area contributed by atoms with Crippen molar-refractivity contribution in [2.24, 2.45) is 0 Å². The Labute approximate surface area is 281 Å². The van der Waals surface area contributed by atoms with Crippen molar-refractivity contribution in [3.8, 4) is 27.7 Å². The molecule has 232 valence electrons. The van der Waals surface area contributed by atoms with Gasteiger partial charge in [0.25, 0.3) is 0 Å². The van der Waals surface area contributed by atoms with Crippen LogP contribution in [0.15, 0.2) is 127 Å². The molecule has 0 N–H and O–H groups in total. The Balaban J connectivity index is 1.30. The maximum Gasteiger partial charge on any atom is 0.181 e. The molecule has 0 saturated heterocycles. The summed E-state index contributed by atoms with van der Waals surface area (Å²) in [7, 11) is 0. The number of fused-ring (bicyclic) bond motifs is 3. The minimum absolute atomic E-state index is 0.144. The molecule has 7 rings (SSSR count). The highest BCUT2D eigenvalue weighted by molar-refractivity contribution is 7.14. The Morgan fingerprint density at radius 1 is 0.587 bits per heavy atom. The highest BCUT2D eigenvalue weighted by Crippen LogP contribution is 2.56. The summed E-state index contributed by atoms with van der Waals surface area (Å²) in [5.41, 5.74) is 6.86. The van der Waals surface area contributed by atoms with Gasteiger partial charge < -0.3 is 9.47 Å². The van der Waals surface area contributed by atoms with Gasteiger partial charge in [0.1, 0.15) is 17.1 Å². The Morgan fingerprint density at radius 3 is 1.72 bits per heavy atom. The predicted molar refractivity (Wildman–Crippen MR) is 194 cm³/mol. The summed E-state index contributed by atoms with van der Waals surface area (Å²) in [5.74, 6) is 1.72. The highest BCUT2D eigenvalue weighted by Gasteiger charge is 2.46. The van der Waals surface area contributed by atoms with E-state index in [1.165, 1.54) is 43.1 Å². The third kappa shape index (κ3) is 5.09. The third-order valence-corrected chi connectivity index (χ3v) is 12.4. The van der Waals surface area contributed by atoms with Crippen LogP contribution in [0, 0.1) is 0 Å². The van der Waals surface area contributed by atoms with Crippen LogP contribution in [0.25, 0.3) is 11.1 Å². The molecule has 0 bridgehead atoms. The van der Waals surface area contributed by atoms with E-state index in [1.54, 1.807) is 22.7 Å². The molecular weight excluding hydrogens is 601 g/mol. The van der Waals surface area contributed by atoms with Crippen LogP contribution in [0.5, 0.6) is 16.6 Å². The van der Waals surface area contributed by atoms with Gasteiger partial charge in [0.15, 0.2) is 5.06 Å². The first kappa shape index (κ1) is 30.5. The van der Waals surface area contributed by atoms with Crippen molar-refractivity contribution < 1.29 is 9.47 Å². The van der Waals surface area contributed by atoms with Crippen LogP contribution in [0.4, 0.5) is 0 Å². The van der Waals surface area contributed by atoms with Crippen molar-refractivity contribution in [3.63, 3.8) is 0 Å². The van der Waals surface area contributed by atoms with Crippen LogP contribution >= 0.6 is 22.7 Å². The molecule has 2 heterocycles. The predicted octanol–water partition coefficient (Wildman–Crippen LogP) is 12.4. The molecule has 4 heteroatoms. The molecule has 0 spiro atoms. The SMILES string of the molecule is CCC(C)(C)c1ccc(Oc2ccc(C3(c4ccc(OC(C)(CC)c5cccs5)cc4)c4ccccc4-c4ccccc43)cc2)s1. The smallest absolute Gasteiger partial charge is 0.181 e. The molecule has 2 nitrogen and oxygen atoms in total. The highest BCUT2D eigenvalue weighted by atomic mass is 32.1. The maximum absolute atomic E-state index is 6.69. The van der Waals surface area contributed by atoms with E-state index in [4.69, 9.17) is 9.47 Å². The fourth-order valence-corrected chi connectivity index (χ4v) is 8.68. The largest absolute Gasteiger partial charge is 0.482 e. The average molecular weight is 641 g/mol. The van der Waals surface area contributed by atoms with Crippen molar-refractivity contribution in [1.82, 2.24) is 0 Å².